The molecule has 0 saturated carbocycles. The first kappa shape index (κ1) is 24.4. The molecule has 0 amide bonds. The van der Waals surface area contributed by atoms with E-state index in [0.717, 1.165) is 0 Å². The van der Waals surface area contributed by atoms with Crippen molar-refractivity contribution in [2.75, 3.05) is 0 Å². The molecule has 0 radical (unpaired) electrons. The van der Waals surface area contributed by atoms with Crippen LogP contribution in [0.25, 0.3) is 85.9 Å². The summed E-state index contributed by atoms with van der Waals surface area (Å²) in [5, 5.41) is 10.4. The van der Waals surface area contributed by atoms with Crippen molar-refractivity contribution in [2.45, 2.75) is 0 Å². The van der Waals surface area contributed by atoms with E-state index in [2.05, 4.69) is 158 Å². The van der Waals surface area contributed by atoms with Crippen LogP contribution in [-0.4, -0.2) is 0 Å². The van der Waals surface area contributed by atoms with E-state index in [9.17, 15) is 0 Å². The molecule has 0 aliphatic heterocycles. The number of rotatable bonds is 3. The zero-order chi connectivity index (χ0) is 28.3. The third kappa shape index (κ3) is 3.90. The minimum atomic E-state index is 1.24. The lowest BCUT2D eigenvalue weighted by atomic mass is 9.85. The Balaban J connectivity index is 1.26. The third-order valence-electron chi connectivity index (χ3n) is 8.82. The van der Waals surface area contributed by atoms with E-state index < -0.39 is 0 Å². The predicted molar refractivity (Wildman–Crippen MR) is 188 cm³/mol. The van der Waals surface area contributed by atoms with Gasteiger partial charge in [-0.05, 0) is 96.0 Å². The molecule has 1 heterocycles. The van der Waals surface area contributed by atoms with Crippen molar-refractivity contribution in [3.8, 4) is 33.4 Å². The summed E-state index contributed by atoms with van der Waals surface area (Å²) in [5.74, 6) is 0. The molecule has 0 aliphatic carbocycles. The Morgan fingerprint density at radius 2 is 0.791 bits per heavy atom. The van der Waals surface area contributed by atoms with Crippen molar-refractivity contribution in [2.24, 2.45) is 0 Å². The Morgan fingerprint density at radius 3 is 1.49 bits per heavy atom. The molecule has 0 nitrogen and oxygen atoms in total. The smallest absolute Gasteiger partial charge is 0.0361 e. The number of thiophene rings is 1. The molecule has 0 N–H and O–H groups in total. The van der Waals surface area contributed by atoms with Crippen molar-refractivity contribution in [1.29, 1.82) is 0 Å². The van der Waals surface area contributed by atoms with Crippen LogP contribution in [0.4, 0.5) is 0 Å². The van der Waals surface area contributed by atoms with Gasteiger partial charge in [0.05, 0.1) is 0 Å². The summed E-state index contributed by atoms with van der Waals surface area (Å²) in [7, 11) is 0. The van der Waals surface area contributed by atoms with Crippen molar-refractivity contribution in [3.63, 3.8) is 0 Å². The van der Waals surface area contributed by atoms with Crippen molar-refractivity contribution in [3.05, 3.63) is 158 Å². The maximum atomic E-state index is 2.39. The summed E-state index contributed by atoms with van der Waals surface area (Å²) in [6.45, 7) is 0. The highest BCUT2D eigenvalue weighted by Gasteiger charge is 2.17. The minimum Gasteiger partial charge on any atom is -0.135 e. The highest BCUT2D eigenvalue weighted by molar-refractivity contribution is 7.25. The van der Waals surface area contributed by atoms with Crippen LogP contribution in [0, 0.1) is 0 Å². The summed E-state index contributed by atoms with van der Waals surface area (Å²) < 4.78 is 2.68. The molecule has 0 spiro atoms. The second-order valence-electron chi connectivity index (χ2n) is 11.3. The molecule has 0 unspecified atom stereocenters. The second kappa shape index (κ2) is 9.66. The van der Waals surface area contributed by atoms with Gasteiger partial charge in [-0.25, -0.2) is 0 Å². The number of benzene rings is 8. The van der Waals surface area contributed by atoms with Crippen LogP contribution < -0.4 is 0 Å². The maximum absolute atomic E-state index is 2.39. The van der Waals surface area contributed by atoms with Gasteiger partial charge in [0.2, 0.25) is 0 Å². The van der Waals surface area contributed by atoms with E-state index in [1.54, 1.807) is 0 Å². The number of hydrogen-bond donors (Lipinski definition) is 0. The second-order valence-corrected chi connectivity index (χ2v) is 12.4. The van der Waals surface area contributed by atoms with Gasteiger partial charge in [0.15, 0.2) is 0 Å². The third-order valence-corrected chi connectivity index (χ3v) is 9.95. The highest BCUT2D eigenvalue weighted by Crippen LogP contribution is 2.44. The first-order chi connectivity index (χ1) is 21.3. The van der Waals surface area contributed by atoms with Crippen LogP contribution >= 0.6 is 11.3 Å². The summed E-state index contributed by atoms with van der Waals surface area (Å²) in [4.78, 5) is 0. The van der Waals surface area contributed by atoms with E-state index in [1.807, 2.05) is 11.3 Å². The van der Waals surface area contributed by atoms with Gasteiger partial charge >= 0.3 is 0 Å². The normalized spacial score (nSPS) is 11.7. The van der Waals surface area contributed by atoms with Gasteiger partial charge in [0, 0.05) is 20.2 Å². The average Bonchev–Trinajstić information content (AvgIpc) is 3.43. The molecule has 1 aromatic heterocycles. The van der Waals surface area contributed by atoms with Crippen LogP contribution in [0.15, 0.2) is 158 Å². The largest absolute Gasteiger partial charge is 0.135 e. The molecular weight excluding hydrogens is 537 g/mol. The standard InChI is InChI=1S/C42H26S/c1-2-11-27(12-3-1)41-33-17-6-8-19-35(33)42(36-20-9-7-18-34(36)41)32-16-10-15-28(23-32)31-21-22-39-37(25-31)38-24-29-13-4-5-14-30(29)26-40(38)43-39/h1-26H. The van der Waals surface area contributed by atoms with E-state index >= 15 is 0 Å². The Kier molecular flexibility index (Phi) is 5.47. The van der Waals surface area contributed by atoms with E-state index in [1.165, 1.54) is 85.9 Å². The van der Waals surface area contributed by atoms with E-state index in [4.69, 9.17) is 0 Å². The molecule has 0 atom stereocenters. The molecular formula is C42H26S. The Bertz CT molecular complexity index is 2440. The van der Waals surface area contributed by atoms with Crippen molar-refractivity contribution < 1.29 is 0 Å². The molecule has 9 aromatic rings. The minimum absolute atomic E-state index is 1.24. The van der Waals surface area contributed by atoms with Crippen LogP contribution in [0.1, 0.15) is 0 Å². The zero-order valence-electron chi connectivity index (χ0n) is 23.4. The first-order valence-electron chi connectivity index (χ1n) is 14.8. The first-order valence-corrected chi connectivity index (χ1v) is 15.6. The van der Waals surface area contributed by atoms with Crippen LogP contribution in [0.2, 0.25) is 0 Å². The molecule has 8 aromatic carbocycles. The monoisotopic (exact) mass is 562 g/mol. The van der Waals surface area contributed by atoms with Gasteiger partial charge in [-0.2, -0.15) is 0 Å². The van der Waals surface area contributed by atoms with Crippen molar-refractivity contribution in [1.82, 2.24) is 0 Å². The predicted octanol–water partition coefficient (Wildman–Crippen LogP) is 12.5. The van der Waals surface area contributed by atoms with E-state index in [-0.39, 0.29) is 0 Å². The van der Waals surface area contributed by atoms with Gasteiger partial charge in [0.25, 0.3) is 0 Å². The Morgan fingerprint density at radius 1 is 0.279 bits per heavy atom. The van der Waals surface area contributed by atoms with E-state index in [0.29, 0.717) is 0 Å². The molecule has 0 saturated heterocycles. The van der Waals surface area contributed by atoms with Crippen LogP contribution in [-0.2, 0) is 0 Å². The molecule has 0 fully saturated rings. The SMILES string of the molecule is c1ccc(-c2c3ccccc3c(-c3cccc(-c4ccc5sc6cc7ccccc7cc6c5c4)c3)c3ccccc23)cc1. The van der Waals surface area contributed by atoms with Gasteiger partial charge in [-0.15, -0.1) is 11.3 Å². The Hall–Kier alpha value is -5.24. The summed E-state index contributed by atoms with van der Waals surface area (Å²) >= 11 is 1.88. The molecule has 1 heteroatoms. The molecule has 43 heavy (non-hydrogen) atoms. The summed E-state index contributed by atoms with van der Waals surface area (Å²) in [6.07, 6.45) is 0. The molecule has 0 bridgehead atoms. The van der Waals surface area contributed by atoms with Gasteiger partial charge in [-0.3, -0.25) is 0 Å². The number of hydrogen-bond acceptors (Lipinski definition) is 1. The molecule has 0 aliphatic rings. The van der Waals surface area contributed by atoms with Gasteiger partial charge in [0.1, 0.15) is 0 Å². The lowest BCUT2D eigenvalue weighted by Gasteiger charge is -2.18. The summed E-state index contributed by atoms with van der Waals surface area (Å²) in [6, 6.07) is 58.0. The topological polar surface area (TPSA) is 0 Å². The lowest BCUT2D eigenvalue weighted by molar-refractivity contribution is 1.63. The fourth-order valence-corrected chi connectivity index (χ4v) is 7.97. The fraction of sp³-hybridized carbons (Fsp3) is 0. The quantitative estimate of drug-likeness (QED) is 0.188. The van der Waals surface area contributed by atoms with Gasteiger partial charge in [-0.1, -0.05) is 127 Å². The van der Waals surface area contributed by atoms with Gasteiger partial charge < -0.3 is 0 Å². The Labute approximate surface area is 254 Å². The zero-order valence-corrected chi connectivity index (χ0v) is 24.2. The highest BCUT2D eigenvalue weighted by atomic mass is 32.1. The average molecular weight is 563 g/mol. The summed E-state index contributed by atoms with van der Waals surface area (Å²) in [5.41, 5.74) is 7.57. The van der Waals surface area contributed by atoms with Crippen molar-refractivity contribution >= 4 is 63.8 Å². The van der Waals surface area contributed by atoms with Crippen LogP contribution in [0.5, 0.6) is 0 Å². The lowest BCUT2D eigenvalue weighted by Crippen LogP contribution is -1.91. The maximum Gasteiger partial charge on any atom is 0.0361 e. The molecule has 200 valence electrons. The molecule has 9 rings (SSSR count). The van der Waals surface area contributed by atoms with Crippen LogP contribution in [0.3, 0.4) is 0 Å². The number of fused-ring (bicyclic) bond motifs is 6. The fourth-order valence-electron chi connectivity index (χ4n) is 6.85.